The van der Waals surface area contributed by atoms with E-state index in [0.29, 0.717) is 0 Å². The van der Waals surface area contributed by atoms with Gasteiger partial charge in [-0.3, -0.25) is 4.90 Å². The van der Waals surface area contributed by atoms with Gasteiger partial charge in [0.2, 0.25) is 0 Å². The van der Waals surface area contributed by atoms with Crippen molar-refractivity contribution in [3.05, 3.63) is 0 Å². The second kappa shape index (κ2) is 3.99. The molecule has 1 spiro atoms. The Morgan fingerprint density at radius 3 is 2.12 bits per heavy atom. The van der Waals surface area contributed by atoms with Crippen molar-refractivity contribution in [2.75, 3.05) is 33.2 Å². The summed E-state index contributed by atoms with van der Waals surface area (Å²) in [6.45, 7) is 7.87. The Morgan fingerprint density at radius 1 is 1.00 bits per heavy atom. The average Bonchev–Trinajstić information content (AvgIpc) is 2.22. The Hall–Kier alpha value is -0.0800. The van der Waals surface area contributed by atoms with Crippen LogP contribution in [-0.4, -0.2) is 49.1 Å². The van der Waals surface area contributed by atoms with E-state index in [4.69, 9.17) is 0 Å². The predicted octanol–water partition coefficient (Wildman–Crippen LogP) is 2.20. The second-order valence-electron chi connectivity index (χ2n) is 6.66. The van der Waals surface area contributed by atoms with E-state index in [1.54, 1.807) is 0 Å². The summed E-state index contributed by atoms with van der Waals surface area (Å²) in [5.41, 5.74) is 0.732. The van der Waals surface area contributed by atoms with E-state index in [9.17, 15) is 0 Å². The monoisotopic (exact) mass is 222 g/mol. The summed E-state index contributed by atoms with van der Waals surface area (Å²) in [5, 5.41) is 0. The van der Waals surface area contributed by atoms with Crippen LogP contribution in [0.25, 0.3) is 0 Å². The minimum absolute atomic E-state index is 0.732. The quantitative estimate of drug-likeness (QED) is 0.707. The van der Waals surface area contributed by atoms with E-state index in [0.717, 1.165) is 17.4 Å². The van der Waals surface area contributed by atoms with Gasteiger partial charge in [-0.15, -0.1) is 0 Å². The van der Waals surface area contributed by atoms with Crippen LogP contribution in [0, 0.1) is 11.3 Å². The summed E-state index contributed by atoms with van der Waals surface area (Å²) in [4.78, 5) is 5.24. The molecule has 92 valence electrons. The molecular formula is C14H26N2. The molecule has 3 aliphatic rings. The van der Waals surface area contributed by atoms with Crippen LogP contribution in [-0.2, 0) is 0 Å². The lowest BCUT2D eigenvalue weighted by Gasteiger charge is -2.62. The zero-order valence-corrected chi connectivity index (χ0v) is 10.9. The van der Waals surface area contributed by atoms with Crippen molar-refractivity contribution in [3.63, 3.8) is 0 Å². The first kappa shape index (κ1) is 11.0. The van der Waals surface area contributed by atoms with Gasteiger partial charge in [0.1, 0.15) is 0 Å². The van der Waals surface area contributed by atoms with Crippen molar-refractivity contribution in [3.8, 4) is 0 Å². The molecule has 0 aromatic carbocycles. The molecule has 0 aromatic rings. The molecule has 0 amide bonds. The van der Waals surface area contributed by atoms with Crippen LogP contribution in [0.3, 0.4) is 0 Å². The molecule has 2 saturated heterocycles. The Morgan fingerprint density at radius 2 is 1.62 bits per heavy atom. The lowest BCUT2D eigenvalue weighted by Crippen LogP contribution is -2.72. The van der Waals surface area contributed by atoms with Gasteiger partial charge in [0.05, 0.1) is 0 Å². The van der Waals surface area contributed by atoms with E-state index >= 15 is 0 Å². The van der Waals surface area contributed by atoms with E-state index in [-0.39, 0.29) is 0 Å². The first-order valence-corrected chi connectivity index (χ1v) is 7.13. The minimum Gasteiger partial charge on any atom is -0.305 e. The van der Waals surface area contributed by atoms with Gasteiger partial charge in [-0.1, -0.05) is 13.3 Å². The summed E-state index contributed by atoms with van der Waals surface area (Å²) >= 11 is 0. The number of rotatable bonds is 2. The van der Waals surface area contributed by atoms with Crippen LogP contribution in [0.4, 0.5) is 0 Å². The molecule has 2 nitrogen and oxygen atoms in total. The SMILES string of the molecule is CCC1CCC(N2CC3(CN(C)C3)C2)CC1. The van der Waals surface area contributed by atoms with E-state index in [1.807, 2.05) is 0 Å². The number of hydrogen-bond donors (Lipinski definition) is 0. The normalized spacial score (nSPS) is 39.4. The molecular weight excluding hydrogens is 196 g/mol. The predicted molar refractivity (Wildman–Crippen MR) is 67.5 cm³/mol. The van der Waals surface area contributed by atoms with Gasteiger partial charge in [-0.2, -0.15) is 0 Å². The van der Waals surface area contributed by atoms with Gasteiger partial charge < -0.3 is 4.90 Å². The third kappa shape index (κ3) is 1.80. The fourth-order valence-corrected chi connectivity index (χ4v) is 4.29. The summed E-state index contributed by atoms with van der Waals surface area (Å²) < 4.78 is 0. The first-order chi connectivity index (χ1) is 7.71. The standard InChI is InChI=1S/C14H26N2/c1-3-12-4-6-13(7-5-12)16-10-14(11-16)8-15(2)9-14/h12-13H,3-11H2,1-2H3. The summed E-state index contributed by atoms with van der Waals surface area (Å²) in [6.07, 6.45) is 7.34. The van der Waals surface area contributed by atoms with E-state index in [1.165, 1.54) is 58.3 Å². The van der Waals surface area contributed by atoms with Crippen molar-refractivity contribution in [1.82, 2.24) is 9.80 Å². The van der Waals surface area contributed by atoms with Crippen LogP contribution in [0.5, 0.6) is 0 Å². The first-order valence-electron chi connectivity index (χ1n) is 7.13. The zero-order chi connectivity index (χ0) is 11.2. The lowest BCUT2D eigenvalue weighted by molar-refractivity contribution is -0.126. The summed E-state index contributed by atoms with van der Waals surface area (Å²) in [6, 6.07) is 0.944. The van der Waals surface area contributed by atoms with Gasteiger partial charge in [0.25, 0.3) is 0 Å². The molecule has 0 atom stereocenters. The van der Waals surface area contributed by atoms with Crippen LogP contribution in [0.2, 0.25) is 0 Å². The molecule has 16 heavy (non-hydrogen) atoms. The Bertz CT molecular complexity index is 241. The molecule has 1 aliphatic carbocycles. The average molecular weight is 222 g/mol. The Labute approximate surface area is 100.0 Å². The van der Waals surface area contributed by atoms with Crippen molar-refractivity contribution in [2.45, 2.75) is 45.1 Å². The van der Waals surface area contributed by atoms with E-state index in [2.05, 4.69) is 23.8 Å². The van der Waals surface area contributed by atoms with Gasteiger partial charge in [-0.05, 0) is 38.6 Å². The Balaban J connectivity index is 1.44. The number of likely N-dealkylation sites (tertiary alicyclic amines) is 2. The second-order valence-corrected chi connectivity index (χ2v) is 6.66. The van der Waals surface area contributed by atoms with Gasteiger partial charge in [-0.25, -0.2) is 0 Å². The minimum atomic E-state index is 0.732. The highest BCUT2D eigenvalue weighted by atomic mass is 15.3. The summed E-state index contributed by atoms with van der Waals surface area (Å²) in [5.74, 6) is 1.04. The third-order valence-electron chi connectivity index (χ3n) is 5.20. The molecule has 0 radical (unpaired) electrons. The molecule has 0 aromatic heterocycles. The van der Waals surface area contributed by atoms with Gasteiger partial charge >= 0.3 is 0 Å². The maximum atomic E-state index is 2.78. The molecule has 2 heterocycles. The highest BCUT2D eigenvalue weighted by Gasteiger charge is 2.51. The lowest BCUT2D eigenvalue weighted by atomic mass is 9.71. The fraction of sp³-hybridized carbons (Fsp3) is 1.00. The smallest absolute Gasteiger partial charge is 0.0212 e. The fourth-order valence-electron chi connectivity index (χ4n) is 4.29. The molecule has 3 rings (SSSR count). The molecule has 2 heteroatoms. The highest BCUT2D eigenvalue weighted by Crippen LogP contribution is 2.42. The number of hydrogen-bond acceptors (Lipinski definition) is 2. The van der Waals surface area contributed by atoms with Crippen LogP contribution < -0.4 is 0 Å². The van der Waals surface area contributed by atoms with Crippen LogP contribution in [0.1, 0.15) is 39.0 Å². The van der Waals surface area contributed by atoms with Crippen molar-refractivity contribution in [1.29, 1.82) is 0 Å². The molecule has 0 bridgehead atoms. The maximum Gasteiger partial charge on any atom is 0.0212 e. The molecule has 2 aliphatic heterocycles. The molecule has 0 N–H and O–H groups in total. The Kier molecular flexibility index (Phi) is 2.75. The zero-order valence-electron chi connectivity index (χ0n) is 10.9. The maximum absolute atomic E-state index is 2.78. The van der Waals surface area contributed by atoms with E-state index < -0.39 is 0 Å². The topological polar surface area (TPSA) is 6.48 Å². The van der Waals surface area contributed by atoms with Gasteiger partial charge in [0, 0.05) is 37.6 Å². The third-order valence-corrected chi connectivity index (χ3v) is 5.20. The van der Waals surface area contributed by atoms with Crippen molar-refractivity contribution in [2.24, 2.45) is 11.3 Å². The highest BCUT2D eigenvalue weighted by molar-refractivity contribution is 5.06. The van der Waals surface area contributed by atoms with Crippen LogP contribution >= 0.6 is 0 Å². The molecule has 0 unspecified atom stereocenters. The van der Waals surface area contributed by atoms with Crippen molar-refractivity contribution >= 4 is 0 Å². The van der Waals surface area contributed by atoms with Crippen LogP contribution in [0.15, 0.2) is 0 Å². The molecule has 1 saturated carbocycles. The van der Waals surface area contributed by atoms with Gasteiger partial charge in [0.15, 0.2) is 0 Å². The summed E-state index contributed by atoms with van der Waals surface area (Å²) in [7, 11) is 2.25. The molecule has 3 fully saturated rings. The number of nitrogens with zero attached hydrogens (tertiary/aromatic N) is 2. The largest absolute Gasteiger partial charge is 0.305 e. The van der Waals surface area contributed by atoms with Crippen molar-refractivity contribution < 1.29 is 0 Å².